The maximum absolute atomic E-state index is 11.8. The minimum absolute atomic E-state index is 0.0145. The Morgan fingerprint density at radius 3 is 2.59 bits per heavy atom. The van der Waals surface area contributed by atoms with Crippen LogP contribution < -0.4 is 15.8 Å². The molecule has 116 valence electrons. The first kappa shape index (κ1) is 15.9. The number of aryl methyl sites for hydroxylation is 1. The van der Waals surface area contributed by atoms with Gasteiger partial charge in [0.1, 0.15) is 5.75 Å². The molecule has 0 atom stereocenters. The number of anilines is 1. The van der Waals surface area contributed by atoms with Crippen LogP contribution in [0.15, 0.2) is 48.5 Å². The molecule has 0 saturated heterocycles. The summed E-state index contributed by atoms with van der Waals surface area (Å²) in [6, 6.07) is 15.3. The van der Waals surface area contributed by atoms with Gasteiger partial charge in [0, 0.05) is 12.2 Å². The number of carbonyl (C=O) groups is 1. The number of rotatable bonds is 7. The lowest BCUT2D eigenvalue weighted by Gasteiger charge is -2.09. The Kier molecular flexibility index (Phi) is 5.83. The molecular weight excluding hydrogens is 276 g/mol. The summed E-state index contributed by atoms with van der Waals surface area (Å²) >= 11 is 0. The summed E-state index contributed by atoms with van der Waals surface area (Å²) in [6.07, 6.45) is 1.15. The van der Waals surface area contributed by atoms with Crippen molar-refractivity contribution in [3.05, 3.63) is 59.7 Å². The molecule has 0 saturated carbocycles. The van der Waals surface area contributed by atoms with Crippen LogP contribution in [0.4, 0.5) is 5.69 Å². The molecule has 0 aliphatic carbocycles. The average Bonchev–Trinajstić information content (AvgIpc) is 2.51. The predicted octanol–water partition coefficient (Wildman–Crippen LogP) is 2.71. The van der Waals surface area contributed by atoms with Gasteiger partial charge in [-0.2, -0.15) is 0 Å². The fourth-order valence-electron chi connectivity index (χ4n) is 2.08. The van der Waals surface area contributed by atoms with Gasteiger partial charge in [0.25, 0.3) is 0 Å². The molecule has 2 aromatic carbocycles. The zero-order valence-electron chi connectivity index (χ0n) is 12.8. The van der Waals surface area contributed by atoms with Gasteiger partial charge in [-0.05, 0) is 42.7 Å². The zero-order valence-corrected chi connectivity index (χ0v) is 12.8. The standard InChI is InChI=1S/C18H22N2O2/c1-14-5-2-3-6-17(14)22-12-4-11-20-18(21)13-15-7-9-16(19)10-8-15/h2-3,5-10H,4,11-13,19H2,1H3,(H,20,21). The Morgan fingerprint density at radius 1 is 1.14 bits per heavy atom. The summed E-state index contributed by atoms with van der Waals surface area (Å²) < 4.78 is 5.68. The van der Waals surface area contributed by atoms with Gasteiger partial charge in [0.15, 0.2) is 0 Å². The predicted molar refractivity (Wildman–Crippen MR) is 88.9 cm³/mol. The van der Waals surface area contributed by atoms with Crippen molar-refractivity contribution in [2.75, 3.05) is 18.9 Å². The maximum Gasteiger partial charge on any atom is 0.224 e. The third kappa shape index (κ3) is 5.13. The molecule has 0 fully saturated rings. The van der Waals surface area contributed by atoms with Crippen LogP contribution in [0.2, 0.25) is 0 Å². The minimum Gasteiger partial charge on any atom is -0.493 e. The summed E-state index contributed by atoms with van der Waals surface area (Å²) in [4.78, 5) is 11.8. The minimum atomic E-state index is 0.0145. The smallest absolute Gasteiger partial charge is 0.224 e. The average molecular weight is 298 g/mol. The van der Waals surface area contributed by atoms with E-state index in [9.17, 15) is 4.79 Å². The number of carbonyl (C=O) groups excluding carboxylic acids is 1. The van der Waals surface area contributed by atoms with Gasteiger partial charge in [-0.15, -0.1) is 0 Å². The maximum atomic E-state index is 11.8. The first-order chi connectivity index (χ1) is 10.6. The summed E-state index contributed by atoms with van der Waals surface area (Å²) in [7, 11) is 0. The molecule has 0 aliphatic heterocycles. The molecule has 4 heteroatoms. The molecule has 0 aromatic heterocycles. The van der Waals surface area contributed by atoms with Gasteiger partial charge >= 0.3 is 0 Å². The summed E-state index contributed by atoms with van der Waals surface area (Å²) in [6.45, 7) is 3.22. The molecule has 1 amide bonds. The van der Waals surface area contributed by atoms with E-state index in [1.54, 1.807) is 12.1 Å². The van der Waals surface area contributed by atoms with Crippen LogP contribution in [-0.2, 0) is 11.2 Å². The molecule has 0 heterocycles. The van der Waals surface area contributed by atoms with Gasteiger partial charge in [0.05, 0.1) is 13.0 Å². The van der Waals surface area contributed by atoms with Crippen LogP contribution in [0.25, 0.3) is 0 Å². The van der Waals surface area contributed by atoms with E-state index in [-0.39, 0.29) is 5.91 Å². The van der Waals surface area contributed by atoms with Crippen LogP contribution >= 0.6 is 0 Å². The largest absolute Gasteiger partial charge is 0.493 e. The molecule has 2 aromatic rings. The molecule has 22 heavy (non-hydrogen) atoms. The van der Waals surface area contributed by atoms with E-state index < -0.39 is 0 Å². The number of ether oxygens (including phenoxy) is 1. The highest BCUT2D eigenvalue weighted by Crippen LogP contribution is 2.16. The van der Waals surface area contributed by atoms with Crippen molar-refractivity contribution in [2.45, 2.75) is 19.8 Å². The molecule has 2 rings (SSSR count). The number of nitrogens with one attached hydrogen (secondary N) is 1. The lowest BCUT2D eigenvalue weighted by Crippen LogP contribution is -2.27. The van der Waals surface area contributed by atoms with Crippen LogP contribution in [0.3, 0.4) is 0 Å². The van der Waals surface area contributed by atoms with Gasteiger partial charge in [0.2, 0.25) is 5.91 Å². The third-order valence-electron chi connectivity index (χ3n) is 3.34. The summed E-state index contributed by atoms with van der Waals surface area (Å²) in [5.74, 6) is 0.913. The van der Waals surface area contributed by atoms with Crippen LogP contribution in [0, 0.1) is 6.92 Å². The Labute approximate surface area is 131 Å². The molecule has 0 unspecified atom stereocenters. The van der Waals surface area contributed by atoms with Crippen LogP contribution in [-0.4, -0.2) is 19.1 Å². The molecule has 0 aliphatic rings. The van der Waals surface area contributed by atoms with E-state index in [4.69, 9.17) is 10.5 Å². The number of hydrogen-bond donors (Lipinski definition) is 2. The van der Waals surface area contributed by atoms with E-state index in [0.717, 1.165) is 23.3 Å². The SMILES string of the molecule is Cc1ccccc1OCCCNC(=O)Cc1ccc(N)cc1. The number of hydrogen-bond acceptors (Lipinski definition) is 3. The third-order valence-corrected chi connectivity index (χ3v) is 3.34. The number of nitrogen functional groups attached to an aromatic ring is 1. The van der Waals surface area contributed by atoms with Crippen molar-refractivity contribution in [1.29, 1.82) is 0 Å². The second-order valence-electron chi connectivity index (χ2n) is 5.24. The Balaban J connectivity index is 1.63. The van der Waals surface area contributed by atoms with Crippen molar-refractivity contribution in [3.8, 4) is 5.75 Å². The first-order valence-corrected chi connectivity index (χ1v) is 7.44. The molecule has 0 radical (unpaired) electrons. The highest BCUT2D eigenvalue weighted by atomic mass is 16.5. The number of para-hydroxylation sites is 1. The Hall–Kier alpha value is -2.49. The Bertz CT molecular complexity index is 609. The summed E-state index contributed by atoms with van der Waals surface area (Å²) in [5.41, 5.74) is 8.40. The molecule has 3 N–H and O–H groups in total. The lowest BCUT2D eigenvalue weighted by atomic mass is 10.1. The Morgan fingerprint density at radius 2 is 1.86 bits per heavy atom. The fourth-order valence-corrected chi connectivity index (χ4v) is 2.08. The van der Waals surface area contributed by atoms with Crippen LogP contribution in [0.5, 0.6) is 5.75 Å². The summed E-state index contributed by atoms with van der Waals surface area (Å²) in [5, 5.41) is 2.90. The van der Waals surface area contributed by atoms with Gasteiger partial charge < -0.3 is 15.8 Å². The van der Waals surface area contributed by atoms with E-state index >= 15 is 0 Å². The topological polar surface area (TPSA) is 64.3 Å². The number of amides is 1. The fraction of sp³-hybridized carbons (Fsp3) is 0.278. The van der Waals surface area contributed by atoms with Crippen molar-refractivity contribution in [1.82, 2.24) is 5.32 Å². The van der Waals surface area contributed by atoms with E-state index in [1.165, 1.54) is 0 Å². The van der Waals surface area contributed by atoms with Crippen molar-refractivity contribution < 1.29 is 9.53 Å². The highest BCUT2D eigenvalue weighted by molar-refractivity contribution is 5.78. The molecule has 0 bridgehead atoms. The quantitative estimate of drug-likeness (QED) is 0.610. The monoisotopic (exact) mass is 298 g/mol. The van der Waals surface area contributed by atoms with Crippen molar-refractivity contribution >= 4 is 11.6 Å². The van der Waals surface area contributed by atoms with Gasteiger partial charge in [-0.3, -0.25) is 4.79 Å². The van der Waals surface area contributed by atoms with E-state index in [0.29, 0.717) is 25.3 Å². The first-order valence-electron chi connectivity index (χ1n) is 7.44. The molecular formula is C18H22N2O2. The van der Waals surface area contributed by atoms with Gasteiger partial charge in [-0.1, -0.05) is 30.3 Å². The molecule has 0 spiro atoms. The number of benzene rings is 2. The zero-order chi connectivity index (χ0) is 15.8. The van der Waals surface area contributed by atoms with Crippen molar-refractivity contribution in [3.63, 3.8) is 0 Å². The number of nitrogens with two attached hydrogens (primary N) is 1. The van der Waals surface area contributed by atoms with Crippen molar-refractivity contribution in [2.24, 2.45) is 0 Å². The van der Waals surface area contributed by atoms with E-state index in [1.807, 2.05) is 43.3 Å². The van der Waals surface area contributed by atoms with Crippen LogP contribution in [0.1, 0.15) is 17.5 Å². The second-order valence-corrected chi connectivity index (χ2v) is 5.24. The highest BCUT2D eigenvalue weighted by Gasteiger charge is 2.03. The second kappa shape index (κ2) is 8.08. The van der Waals surface area contributed by atoms with E-state index in [2.05, 4.69) is 5.32 Å². The van der Waals surface area contributed by atoms with Gasteiger partial charge in [-0.25, -0.2) is 0 Å². The normalized spacial score (nSPS) is 10.2. The molecule has 4 nitrogen and oxygen atoms in total. The lowest BCUT2D eigenvalue weighted by molar-refractivity contribution is -0.120.